The Morgan fingerprint density at radius 1 is 1.28 bits per heavy atom. The van der Waals surface area contributed by atoms with Crippen molar-refractivity contribution in [1.29, 1.82) is 5.26 Å². The van der Waals surface area contributed by atoms with E-state index in [1.807, 2.05) is 13.1 Å². The number of fused-ring (bicyclic) bond motifs is 1. The molecule has 1 aliphatic rings. The number of aryl methyl sites for hydroxylation is 1. The molecule has 0 atom stereocenters. The molecule has 3 aromatic rings. The van der Waals surface area contributed by atoms with E-state index in [0.29, 0.717) is 16.3 Å². The predicted octanol–water partition coefficient (Wildman–Crippen LogP) is 1.65. The molecule has 1 amide bonds. The van der Waals surface area contributed by atoms with E-state index in [-0.39, 0.29) is 12.5 Å². The van der Waals surface area contributed by atoms with Gasteiger partial charge in [-0.05, 0) is 18.2 Å². The van der Waals surface area contributed by atoms with Gasteiger partial charge >= 0.3 is 0 Å². The van der Waals surface area contributed by atoms with Crippen LogP contribution in [0.3, 0.4) is 0 Å². The molecule has 0 radical (unpaired) electrons. The van der Waals surface area contributed by atoms with Crippen LogP contribution in [0.4, 0.5) is 11.5 Å². The van der Waals surface area contributed by atoms with Gasteiger partial charge in [0.05, 0.1) is 28.7 Å². The summed E-state index contributed by atoms with van der Waals surface area (Å²) in [6, 6.07) is 6.86. The summed E-state index contributed by atoms with van der Waals surface area (Å²) in [5.74, 6) is 0.760. The highest BCUT2D eigenvalue weighted by atomic mass is 35.5. The molecular formula is C19H19ClN8O. The van der Waals surface area contributed by atoms with Crippen molar-refractivity contribution in [2.75, 3.05) is 42.9 Å². The summed E-state index contributed by atoms with van der Waals surface area (Å²) in [5.41, 5.74) is 1.77. The first-order chi connectivity index (χ1) is 14.0. The minimum absolute atomic E-state index is 0.115. The minimum atomic E-state index is -0.115. The monoisotopic (exact) mass is 410 g/mol. The van der Waals surface area contributed by atoms with Crippen molar-refractivity contribution >= 4 is 40.0 Å². The van der Waals surface area contributed by atoms with Crippen LogP contribution < -0.4 is 10.2 Å². The summed E-state index contributed by atoms with van der Waals surface area (Å²) in [7, 11) is 1.86. The zero-order valence-electron chi connectivity index (χ0n) is 15.8. The second-order valence-electron chi connectivity index (χ2n) is 6.82. The number of hydrogen-bond acceptors (Lipinski definition) is 7. The van der Waals surface area contributed by atoms with E-state index in [4.69, 9.17) is 16.9 Å². The normalized spacial score (nSPS) is 14.7. The largest absolute Gasteiger partial charge is 0.353 e. The van der Waals surface area contributed by atoms with Crippen LogP contribution in [0.2, 0.25) is 5.02 Å². The number of aromatic nitrogens is 4. The van der Waals surface area contributed by atoms with Gasteiger partial charge in [0.2, 0.25) is 5.91 Å². The fourth-order valence-corrected chi connectivity index (χ4v) is 3.63. The molecule has 0 spiro atoms. The molecule has 0 bridgehead atoms. The number of piperazine rings is 1. The highest BCUT2D eigenvalue weighted by Crippen LogP contribution is 2.23. The molecule has 1 saturated heterocycles. The van der Waals surface area contributed by atoms with E-state index in [1.54, 1.807) is 35.4 Å². The summed E-state index contributed by atoms with van der Waals surface area (Å²) < 4.78 is 1.73. The lowest BCUT2D eigenvalue weighted by molar-refractivity contribution is -0.117. The smallest absolute Gasteiger partial charge is 0.238 e. The molecule has 29 heavy (non-hydrogen) atoms. The summed E-state index contributed by atoms with van der Waals surface area (Å²) >= 11 is 6.02. The third-order valence-corrected chi connectivity index (χ3v) is 5.23. The van der Waals surface area contributed by atoms with Gasteiger partial charge in [0.25, 0.3) is 0 Å². The van der Waals surface area contributed by atoms with Gasteiger partial charge in [-0.1, -0.05) is 11.6 Å². The van der Waals surface area contributed by atoms with E-state index in [0.717, 1.165) is 43.0 Å². The van der Waals surface area contributed by atoms with Gasteiger partial charge in [0, 0.05) is 38.9 Å². The first-order valence-electron chi connectivity index (χ1n) is 9.14. The Hall–Kier alpha value is -3.22. The van der Waals surface area contributed by atoms with Gasteiger partial charge in [0.15, 0.2) is 5.65 Å². The number of rotatable bonds is 4. The average molecular weight is 411 g/mol. The number of nitrogens with zero attached hydrogens (tertiary/aromatic N) is 7. The molecule has 1 fully saturated rings. The highest BCUT2D eigenvalue weighted by molar-refractivity contribution is 6.32. The molecular weight excluding hydrogens is 392 g/mol. The third kappa shape index (κ3) is 3.99. The average Bonchev–Trinajstić information content (AvgIpc) is 3.10. The van der Waals surface area contributed by atoms with Gasteiger partial charge in [-0.25, -0.2) is 9.97 Å². The van der Waals surface area contributed by atoms with Crippen molar-refractivity contribution < 1.29 is 4.79 Å². The highest BCUT2D eigenvalue weighted by Gasteiger charge is 2.22. The van der Waals surface area contributed by atoms with Gasteiger partial charge in [-0.15, -0.1) is 0 Å². The molecule has 1 aliphatic heterocycles. The molecule has 4 rings (SSSR count). The maximum atomic E-state index is 12.4. The molecule has 3 heterocycles. The quantitative estimate of drug-likeness (QED) is 0.697. The van der Waals surface area contributed by atoms with Crippen LogP contribution in [0.1, 0.15) is 5.56 Å². The maximum absolute atomic E-state index is 12.4. The lowest BCUT2D eigenvalue weighted by atomic mass is 10.2. The van der Waals surface area contributed by atoms with Crippen LogP contribution in [0, 0.1) is 11.3 Å². The van der Waals surface area contributed by atoms with E-state index in [9.17, 15) is 4.79 Å². The molecule has 1 N–H and O–H groups in total. The number of nitriles is 1. The van der Waals surface area contributed by atoms with Crippen molar-refractivity contribution in [3.05, 3.63) is 41.3 Å². The fraction of sp³-hybridized carbons (Fsp3) is 0.316. The fourth-order valence-electron chi connectivity index (χ4n) is 3.41. The molecule has 0 saturated carbocycles. The topological polar surface area (TPSA) is 103 Å². The Kier molecular flexibility index (Phi) is 5.29. The molecule has 1 aromatic carbocycles. The van der Waals surface area contributed by atoms with Gasteiger partial charge < -0.3 is 10.2 Å². The van der Waals surface area contributed by atoms with Crippen LogP contribution in [0.5, 0.6) is 0 Å². The lowest BCUT2D eigenvalue weighted by Crippen LogP contribution is -2.49. The lowest BCUT2D eigenvalue weighted by Gasteiger charge is -2.35. The van der Waals surface area contributed by atoms with Crippen molar-refractivity contribution in [2.45, 2.75) is 0 Å². The zero-order chi connectivity index (χ0) is 20.4. The van der Waals surface area contributed by atoms with Crippen molar-refractivity contribution in [1.82, 2.24) is 24.6 Å². The molecule has 2 aromatic heterocycles. The van der Waals surface area contributed by atoms with Crippen molar-refractivity contribution in [2.24, 2.45) is 7.05 Å². The molecule has 10 heteroatoms. The standard InChI is InChI=1S/C19H19ClN8O/c1-26-18-15(10-24-26)19(23-12-22-18)28-6-4-27(5-7-28)11-17(29)25-14-3-2-13(9-21)16(20)8-14/h2-3,8,10,12H,4-7,11H2,1H3,(H,25,29). The van der Waals surface area contributed by atoms with Crippen molar-refractivity contribution in [3.8, 4) is 6.07 Å². The second-order valence-corrected chi connectivity index (χ2v) is 7.23. The van der Waals surface area contributed by atoms with Gasteiger partial charge in [0.1, 0.15) is 18.2 Å². The van der Waals surface area contributed by atoms with E-state index in [2.05, 4.69) is 30.2 Å². The summed E-state index contributed by atoms with van der Waals surface area (Å²) in [4.78, 5) is 25.4. The number of amides is 1. The SMILES string of the molecule is Cn1ncc2c(N3CCN(CC(=O)Nc4ccc(C#N)c(Cl)c4)CC3)ncnc21. The Balaban J connectivity index is 1.34. The zero-order valence-corrected chi connectivity index (χ0v) is 16.6. The second kappa shape index (κ2) is 8.03. The van der Waals surface area contributed by atoms with Crippen LogP contribution in [0.15, 0.2) is 30.7 Å². The number of nitrogens with one attached hydrogen (secondary N) is 1. The molecule has 9 nitrogen and oxygen atoms in total. The third-order valence-electron chi connectivity index (χ3n) is 4.92. The van der Waals surface area contributed by atoms with Crippen LogP contribution in [0.25, 0.3) is 11.0 Å². The number of carbonyl (C=O) groups is 1. The Labute approximate surface area is 172 Å². The predicted molar refractivity (Wildman–Crippen MR) is 110 cm³/mol. The first-order valence-corrected chi connectivity index (χ1v) is 9.52. The number of halogens is 1. The summed E-state index contributed by atoms with van der Waals surface area (Å²) in [6.45, 7) is 3.30. The van der Waals surface area contributed by atoms with Gasteiger partial charge in [-0.3, -0.25) is 14.4 Å². The van der Waals surface area contributed by atoms with Crippen LogP contribution >= 0.6 is 11.6 Å². The van der Waals surface area contributed by atoms with Crippen LogP contribution in [-0.2, 0) is 11.8 Å². The molecule has 0 unspecified atom stereocenters. The maximum Gasteiger partial charge on any atom is 0.238 e. The summed E-state index contributed by atoms with van der Waals surface area (Å²) in [6.07, 6.45) is 3.34. The number of benzene rings is 1. The first kappa shape index (κ1) is 19.1. The Morgan fingerprint density at radius 2 is 2.07 bits per heavy atom. The Bertz CT molecular complexity index is 1100. The molecule has 0 aliphatic carbocycles. The van der Waals surface area contributed by atoms with E-state index >= 15 is 0 Å². The Morgan fingerprint density at radius 3 is 2.79 bits per heavy atom. The number of anilines is 2. The van der Waals surface area contributed by atoms with Crippen LogP contribution in [-0.4, -0.2) is 63.3 Å². The van der Waals surface area contributed by atoms with Gasteiger partial charge in [-0.2, -0.15) is 10.4 Å². The van der Waals surface area contributed by atoms with Crippen molar-refractivity contribution in [3.63, 3.8) is 0 Å². The summed E-state index contributed by atoms with van der Waals surface area (Å²) in [5, 5.41) is 17.3. The van der Waals surface area contributed by atoms with E-state index < -0.39 is 0 Å². The number of hydrogen-bond donors (Lipinski definition) is 1. The number of carbonyl (C=O) groups excluding carboxylic acids is 1. The van der Waals surface area contributed by atoms with E-state index in [1.165, 1.54) is 0 Å². The molecule has 148 valence electrons. The minimum Gasteiger partial charge on any atom is -0.353 e.